The van der Waals surface area contributed by atoms with Crippen molar-refractivity contribution < 1.29 is 14.3 Å². The topological polar surface area (TPSA) is 54.9 Å². The van der Waals surface area contributed by atoms with E-state index in [1.807, 2.05) is 18.2 Å². The van der Waals surface area contributed by atoms with E-state index in [1.54, 1.807) is 43.0 Å². The number of benzene rings is 2. The van der Waals surface area contributed by atoms with Crippen molar-refractivity contribution in [2.24, 2.45) is 0 Å². The molecule has 1 aromatic heterocycles. The van der Waals surface area contributed by atoms with E-state index in [-0.39, 0.29) is 5.91 Å². The molecule has 0 unspecified atom stereocenters. The quantitative estimate of drug-likeness (QED) is 0.401. The number of thiazole rings is 1. The lowest BCUT2D eigenvalue weighted by Crippen LogP contribution is -2.50. The van der Waals surface area contributed by atoms with Crippen LogP contribution in [0.1, 0.15) is 20.3 Å². The molecule has 33 heavy (non-hydrogen) atoms. The number of carbonyl (C=O) groups excluding carboxylic acids is 1. The standard InChI is InChI=1S/C24H27Cl2N3O3S/c1-24(2,32-19-7-4-17(25)5-8-19)22(30)29(11-3-10-28-12-14-31-15-13-28)23-27-20-9-6-18(26)16-21(20)33-23/h4-9,16H,3,10-15H2,1-2H3. The zero-order valence-corrected chi connectivity index (χ0v) is 21.1. The molecule has 0 spiro atoms. The molecule has 0 N–H and O–H groups in total. The Balaban J connectivity index is 1.55. The summed E-state index contributed by atoms with van der Waals surface area (Å²) in [5.41, 5.74) is -0.274. The number of morpholine rings is 1. The number of amides is 1. The highest BCUT2D eigenvalue weighted by atomic mass is 35.5. The van der Waals surface area contributed by atoms with Crippen LogP contribution in [0.5, 0.6) is 5.75 Å². The van der Waals surface area contributed by atoms with Crippen LogP contribution >= 0.6 is 34.5 Å². The van der Waals surface area contributed by atoms with E-state index < -0.39 is 5.60 Å². The third-order valence-electron chi connectivity index (χ3n) is 5.48. The molecular weight excluding hydrogens is 481 g/mol. The number of fused-ring (bicyclic) bond motifs is 1. The summed E-state index contributed by atoms with van der Waals surface area (Å²) in [6.07, 6.45) is 0.819. The second kappa shape index (κ2) is 10.6. The largest absolute Gasteiger partial charge is 0.478 e. The van der Waals surface area contributed by atoms with Crippen molar-refractivity contribution in [3.8, 4) is 5.75 Å². The number of halogens is 2. The maximum Gasteiger partial charge on any atom is 0.272 e. The Hall–Kier alpha value is -1.90. The summed E-state index contributed by atoms with van der Waals surface area (Å²) in [5.74, 6) is 0.437. The molecule has 3 aromatic rings. The Kier molecular flexibility index (Phi) is 7.76. The van der Waals surface area contributed by atoms with Gasteiger partial charge in [0.25, 0.3) is 5.91 Å². The first-order valence-electron chi connectivity index (χ1n) is 10.9. The number of rotatable bonds is 8. The number of nitrogens with zero attached hydrogens (tertiary/aromatic N) is 3. The van der Waals surface area contributed by atoms with Crippen LogP contribution in [-0.4, -0.2) is 60.8 Å². The maximum atomic E-state index is 13.7. The van der Waals surface area contributed by atoms with E-state index in [0.29, 0.717) is 27.5 Å². The van der Waals surface area contributed by atoms with Crippen LogP contribution in [0.3, 0.4) is 0 Å². The van der Waals surface area contributed by atoms with Crippen LogP contribution in [-0.2, 0) is 9.53 Å². The summed E-state index contributed by atoms with van der Waals surface area (Å²) in [6, 6.07) is 12.6. The van der Waals surface area contributed by atoms with Crippen molar-refractivity contribution in [1.29, 1.82) is 0 Å². The molecule has 0 saturated carbocycles. The van der Waals surface area contributed by atoms with Crippen LogP contribution in [0.2, 0.25) is 10.0 Å². The number of ether oxygens (including phenoxy) is 2. The maximum absolute atomic E-state index is 13.7. The minimum atomic E-state index is -1.09. The SMILES string of the molecule is CC(C)(Oc1ccc(Cl)cc1)C(=O)N(CCCN1CCOCC1)c1nc2ccc(Cl)cc2s1. The molecule has 0 aliphatic carbocycles. The highest BCUT2D eigenvalue weighted by molar-refractivity contribution is 7.22. The van der Waals surface area contributed by atoms with Crippen molar-refractivity contribution in [1.82, 2.24) is 9.88 Å². The monoisotopic (exact) mass is 507 g/mol. The van der Waals surface area contributed by atoms with E-state index in [2.05, 4.69) is 4.90 Å². The smallest absolute Gasteiger partial charge is 0.272 e. The normalized spacial score (nSPS) is 15.0. The van der Waals surface area contributed by atoms with E-state index in [1.165, 1.54) is 11.3 Å². The van der Waals surface area contributed by atoms with Crippen LogP contribution in [0.15, 0.2) is 42.5 Å². The van der Waals surface area contributed by atoms with Gasteiger partial charge in [0, 0.05) is 36.2 Å². The molecule has 0 atom stereocenters. The molecule has 2 aromatic carbocycles. The van der Waals surface area contributed by atoms with E-state index in [9.17, 15) is 4.79 Å². The van der Waals surface area contributed by atoms with Gasteiger partial charge in [-0.3, -0.25) is 14.6 Å². The van der Waals surface area contributed by atoms with Crippen molar-refractivity contribution in [3.63, 3.8) is 0 Å². The van der Waals surface area contributed by atoms with Gasteiger partial charge >= 0.3 is 0 Å². The molecular formula is C24H27Cl2N3O3S. The second-order valence-corrected chi connectivity index (χ2v) is 10.3. The molecule has 176 valence electrons. The van der Waals surface area contributed by atoms with Gasteiger partial charge in [-0.05, 0) is 62.7 Å². The van der Waals surface area contributed by atoms with Crippen LogP contribution in [0.25, 0.3) is 10.2 Å². The van der Waals surface area contributed by atoms with Crippen molar-refractivity contribution in [2.75, 3.05) is 44.3 Å². The molecule has 6 nitrogen and oxygen atoms in total. The number of anilines is 1. The summed E-state index contributed by atoms with van der Waals surface area (Å²) in [5, 5.41) is 1.91. The van der Waals surface area contributed by atoms with Crippen molar-refractivity contribution >= 4 is 55.8 Å². The Morgan fingerprint density at radius 3 is 2.58 bits per heavy atom. The Morgan fingerprint density at radius 1 is 1.15 bits per heavy atom. The van der Waals surface area contributed by atoms with Crippen molar-refractivity contribution in [3.05, 3.63) is 52.5 Å². The van der Waals surface area contributed by atoms with Crippen molar-refractivity contribution in [2.45, 2.75) is 25.9 Å². The van der Waals surface area contributed by atoms with E-state index in [4.69, 9.17) is 37.7 Å². The summed E-state index contributed by atoms with van der Waals surface area (Å²) in [6.45, 7) is 8.33. The molecule has 1 fully saturated rings. The lowest BCUT2D eigenvalue weighted by atomic mass is 10.1. The number of aromatic nitrogens is 1. The average molecular weight is 508 g/mol. The average Bonchev–Trinajstić information content (AvgIpc) is 3.21. The summed E-state index contributed by atoms with van der Waals surface area (Å²) >= 11 is 13.6. The predicted molar refractivity (Wildman–Crippen MR) is 135 cm³/mol. The Labute approximate surface area is 208 Å². The minimum absolute atomic E-state index is 0.149. The molecule has 1 aliphatic rings. The highest BCUT2D eigenvalue weighted by Crippen LogP contribution is 2.33. The lowest BCUT2D eigenvalue weighted by molar-refractivity contribution is -0.131. The van der Waals surface area contributed by atoms with Gasteiger partial charge < -0.3 is 9.47 Å². The first-order chi connectivity index (χ1) is 15.8. The zero-order chi connectivity index (χ0) is 23.4. The van der Waals surface area contributed by atoms with Gasteiger partial charge in [-0.15, -0.1) is 0 Å². The molecule has 0 radical (unpaired) electrons. The van der Waals surface area contributed by atoms with Crippen LogP contribution < -0.4 is 9.64 Å². The van der Waals surface area contributed by atoms with Gasteiger partial charge in [-0.2, -0.15) is 0 Å². The van der Waals surface area contributed by atoms with Gasteiger partial charge in [0.05, 0.1) is 23.4 Å². The summed E-state index contributed by atoms with van der Waals surface area (Å²) in [7, 11) is 0. The van der Waals surface area contributed by atoms with Crippen LogP contribution in [0.4, 0.5) is 5.13 Å². The molecule has 2 heterocycles. The van der Waals surface area contributed by atoms with Gasteiger partial charge in [0.1, 0.15) is 5.75 Å². The summed E-state index contributed by atoms with van der Waals surface area (Å²) in [4.78, 5) is 22.6. The number of hydrogen-bond donors (Lipinski definition) is 0. The van der Waals surface area contributed by atoms with E-state index in [0.717, 1.165) is 49.5 Å². The fourth-order valence-electron chi connectivity index (χ4n) is 3.73. The third-order valence-corrected chi connectivity index (χ3v) is 7.00. The zero-order valence-electron chi connectivity index (χ0n) is 18.7. The fraction of sp³-hybridized carbons (Fsp3) is 0.417. The molecule has 1 amide bonds. The minimum Gasteiger partial charge on any atom is -0.478 e. The molecule has 1 saturated heterocycles. The van der Waals surface area contributed by atoms with Gasteiger partial charge in [0.2, 0.25) is 0 Å². The first kappa shape index (κ1) is 24.2. The summed E-state index contributed by atoms with van der Waals surface area (Å²) < 4.78 is 12.5. The van der Waals surface area contributed by atoms with Crippen LogP contribution in [0, 0.1) is 0 Å². The first-order valence-corrected chi connectivity index (χ1v) is 12.5. The van der Waals surface area contributed by atoms with Gasteiger partial charge in [-0.1, -0.05) is 34.5 Å². The van der Waals surface area contributed by atoms with Gasteiger partial charge in [-0.25, -0.2) is 4.98 Å². The number of hydrogen-bond acceptors (Lipinski definition) is 6. The Bertz CT molecular complexity index is 1100. The molecule has 1 aliphatic heterocycles. The molecule has 4 rings (SSSR count). The lowest BCUT2D eigenvalue weighted by Gasteiger charge is -2.32. The third kappa shape index (κ3) is 6.16. The highest BCUT2D eigenvalue weighted by Gasteiger charge is 2.36. The fourth-order valence-corrected chi connectivity index (χ4v) is 5.12. The molecule has 9 heteroatoms. The second-order valence-electron chi connectivity index (χ2n) is 8.44. The Morgan fingerprint density at radius 2 is 1.85 bits per heavy atom. The molecule has 0 bridgehead atoms. The predicted octanol–water partition coefficient (Wildman–Crippen LogP) is 5.52. The van der Waals surface area contributed by atoms with Gasteiger partial charge in [0.15, 0.2) is 10.7 Å². The van der Waals surface area contributed by atoms with E-state index >= 15 is 0 Å². The number of carbonyl (C=O) groups is 1.